The quantitative estimate of drug-likeness (QED) is 0.785. The number of sulfonamides is 1. The second-order valence-electron chi connectivity index (χ2n) is 6.07. The van der Waals surface area contributed by atoms with Crippen molar-refractivity contribution in [2.75, 3.05) is 12.4 Å². The summed E-state index contributed by atoms with van der Waals surface area (Å²) in [6.45, 7) is 3.37. The lowest BCUT2D eigenvalue weighted by Gasteiger charge is -2.21. The summed E-state index contributed by atoms with van der Waals surface area (Å²) < 4.78 is 26.5. The van der Waals surface area contributed by atoms with Crippen LogP contribution in [0.25, 0.3) is 0 Å². The molecule has 2 rings (SSSR count). The highest BCUT2D eigenvalue weighted by Crippen LogP contribution is 2.24. The summed E-state index contributed by atoms with van der Waals surface area (Å²) in [7, 11) is -2.25. The first-order valence-electron chi connectivity index (χ1n) is 7.95. The van der Waals surface area contributed by atoms with Crippen molar-refractivity contribution in [3.05, 3.63) is 58.6 Å². The molecular weight excluding hydrogens is 376 g/mol. The topological polar surface area (TPSA) is 86.7 Å². The largest absolute Gasteiger partial charge is 0.392 e. The molecule has 0 spiro atoms. The summed E-state index contributed by atoms with van der Waals surface area (Å²) in [5.74, 6) is -0.533. The molecule has 0 aromatic heterocycles. The third-order valence-electron chi connectivity index (χ3n) is 3.95. The third kappa shape index (κ3) is 4.42. The van der Waals surface area contributed by atoms with E-state index in [0.29, 0.717) is 11.3 Å². The maximum atomic E-state index is 12.6. The summed E-state index contributed by atoms with van der Waals surface area (Å²) >= 11 is 6.10. The van der Waals surface area contributed by atoms with Crippen LogP contribution in [0.4, 0.5) is 5.69 Å². The van der Waals surface area contributed by atoms with Crippen molar-refractivity contribution in [3.8, 4) is 0 Å². The van der Waals surface area contributed by atoms with Gasteiger partial charge < -0.3 is 10.4 Å². The Morgan fingerprint density at radius 2 is 1.92 bits per heavy atom. The van der Waals surface area contributed by atoms with Crippen LogP contribution >= 0.6 is 11.6 Å². The number of hydrogen-bond acceptors (Lipinski definition) is 4. The highest BCUT2D eigenvalue weighted by Gasteiger charge is 2.25. The Hall–Kier alpha value is -1.93. The zero-order valence-corrected chi connectivity index (χ0v) is 16.3. The van der Waals surface area contributed by atoms with Crippen molar-refractivity contribution in [2.45, 2.75) is 31.4 Å². The van der Waals surface area contributed by atoms with E-state index in [9.17, 15) is 18.3 Å². The van der Waals surface area contributed by atoms with Crippen LogP contribution in [-0.2, 0) is 16.6 Å². The highest BCUT2D eigenvalue weighted by molar-refractivity contribution is 7.89. The number of benzene rings is 2. The average Bonchev–Trinajstić information content (AvgIpc) is 2.61. The lowest BCUT2D eigenvalue weighted by atomic mass is 10.2. The predicted molar refractivity (Wildman–Crippen MR) is 102 cm³/mol. The summed E-state index contributed by atoms with van der Waals surface area (Å²) in [5, 5.41) is 12.0. The van der Waals surface area contributed by atoms with Gasteiger partial charge in [-0.1, -0.05) is 23.7 Å². The molecule has 0 saturated carbocycles. The van der Waals surface area contributed by atoms with Crippen molar-refractivity contribution < 1.29 is 18.3 Å². The Kier molecular flexibility index (Phi) is 6.41. The second kappa shape index (κ2) is 8.18. The van der Waals surface area contributed by atoms with Gasteiger partial charge in [0.05, 0.1) is 22.1 Å². The van der Waals surface area contributed by atoms with Crippen LogP contribution in [0.15, 0.2) is 47.4 Å². The molecule has 0 aliphatic carbocycles. The van der Waals surface area contributed by atoms with Crippen molar-refractivity contribution in [1.82, 2.24) is 4.31 Å². The number of amides is 1. The Morgan fingerprint density at radius 1 is 1.23 bits per heavy atom. The van der Waals surface area contributed by atoms with E-state index in [-0.39, 0.29) is 28.1 Å². The number of hydrogen-bond donors (Lipinski definition) is 2. The summed E-state index contributed by atoms with van der Waals surface area (Å²) in [6.07, 6.45) is 0. The molecule has 2 aromatic rings. The minimum atomic E-state index is -3.73. The van der Waals surface area contributed by atoms with Gasteiger partial charge in [-0.15, -0.1) is 0 Å². The van der Waals surface area contributed by atoms with E-state index in [1.165, 1.54) is 29.6 Å². The molecular formula is C18H21ClN2O4S. The zero-order valence-electron chi connectivity index (χ0n) is 14.7. The van der Waals surface area contributed by atoms with Gasteiger partial charge in [-0.05, 0) is 49.7 Å². The molecule has 26 heavy (non-hydrogen) atoms. The third-order valence-corrected chi connectivity index (χ3v) is 6.31. The molecule has 0 aliphatic rings. The van der Waals surface area contributed by atoms with Gasteiger partial charge in [-0.3, -0.25) is 4.79 Å². The standard InChI is InChI=1S/C18H21ClN2O4S/c1-12(2)21(3)26(24,25)15-7-8-17(19)16(10-15)18(23)20-14-6-4-5-13(9-14)11-22/h4-10,12,22H,11H2,1-3H3,(H,20,23). The van der Waals surface area contributed by atoms with Crippen LogP contribution in [0, 0.1) is 0 Å². The number of rotatable bonds is 6. The fraction of sp³-hybridized carbons (Fsp3) is 0.278. The van der Waals surface area contributed by atoms with Crippen LogP contribution in [0.5, 0.6) is 0 Å². The molecule has 140 valence electrons. The summed E-state index contributed by atoms with van der Waals surface area (Å²) in [5.41, 5.74) is 1.17. The molecule has 0 atom stereocenters. The monoisotopic (exact) mass is 396 g/mol. The van der Waals surface area contributed by atoms with Crippen LogP contribution < -0.4 is 5.32 Å². The molecule has 6 nitrogen and oxygen atoms in total. The predicted octanol–water partition coefficient (Wildman–Crippen LogP) is 3.11. The minimum absolute atomic E-state index is 0.00708. The van der Waals surface area contributed by atoms with E-state index in [4.69, 9.17) is 11.6 Å². The number of carbonyl (C=O) groups is 1. The van der Waals surface area contributed by atoms with E-state index >= 15 is 0 Å². The van der Waals surface area contributed by atoms with Gasteiger partial charge in [-0.25, -0.2) is 8.42 Å². The molecule has 0 aliphatic heterocycles. The van der Waals surface area contributed by atoms with Crippen LogP contribution in [0.3, 0.4) is 0 Å². The molecule has 0 radical (unpaired) electrons. The Balaban J connectivity index is 2.36. The second-order valence-corrected chi connectivity index (χ2v) is 8.47. The Bertz CT molecular complexity index is 913. The first-order chi connectivity index (χ1) is 12.2. The zero-order chi connectivity index (χ0) is 19.5. The number of nitrogens with one attached hydrogen (secondary N) is 1. The first kappa shape index (κ1) is 20.4. The fourth-order valence-corrected chi connectivity index (χ4v) is 3.83. The lowest BCUT2D eigenvalue weighted by molar-refractivity contribution is 0.102. The van der Waals surface area contributed by atoms with Gasteiger partial charge in [0.15, 0.2) is 0 Å². The van der Waals surface area contributed by atoms with E-state index in [1.54, 1.807) is 38.1 Å². The number of anilines is 1. The molecule has 1 amide bonds. The van der Waals surface area contributed by atoms with Crippen molar-refractivity contribution in [1.29, 1.82) is 0 Å². The molecule has 8 heteroatoms. The Labute approximate surface area is 158 Å². The van der Waals surface area contributed by atoms with E-state index < -0.39 is 15.9 Å². The highest BCUT2D eigenvalue weighted by atomic mass is 35.5. The van der Waals surface area contributed by atoms with Gasteiger partial charge in [0, 0.05) is 18.8 Å². The number of carbonyl (C=O) groups excluding carboxylic acids is 1. The van der Waals surface area contributed by atoms with Crippen LogP contribution in [-0.4, -0.2) is 36.8 Å². The molecule has 0 unspecified atom stereocenters. The lowest BCUT2D eigenvalue weighted by Crippen LogP contribution is -2.33. The molecule has 2 aromatic carbocycles. The summed E-state index contributed by atoms with van der Waals surface area (Å²) in [4.78, 5) is 12.5. The van der Waals surface area contributed by atoms with Gasteiger partial charge in [0.2, 0.25) is 10.0 Å². The Morgan fingerprint density at radius 3 is 2.54 bits per heavy atom. The maximum absolute atomic E-state index is 12.6. The molecule has 0 heterocycles. The molecule has 2 N–H and O–H groups in total. The first-order valence-corrected chi connectivity index (χ1v) is 9.77. The van der Waals surface area contributed by atoms with E-state index in [0.717, 1.165) is 0 Å². The number of aliphatic hydroxyl groups is 1. The minimum Gasteiger partial charge on any atom is -0.392 e. The number of nitrogens with zero attached hydrogens (tertiary/aromatic N) is 1. The molecule has 0 fully saturated rings. The molecule has 0 saturated heterocycles. The van der Waals surface area contributed by atoms with Gasteiger partial charge >= 0.3 is 0 Å². The van der Waals surface area contributed by atoms with Crippen molar-refractivity contribution in [3.63, 3.8) is 0 Å². The number of aliphatic hydroxyl groups excluding tert-OH is 1. The van der Waals surface area contributed by atoms with Crippen LogP contribution in [0.2, 0.25) is 5.02 Å². The van der Waals surface area contributed by atoms with Gasteiger partial charge in [0.25, 0.3) is 5.91 Å². The van der Waals surface area contributed by atoms with Crippen LogP contribution in [0.1, 0.15) is 29.8 Å². The fourth-order valence-electron chi connectivity index (χ4n) is 2.23. The van der Waals surface area contributed by atoms with Crippen molar-refractivity contribution >= 4 is 33.2 Å². The normalized spacial score (nSPS) is 11.8. The van der Waals surface area contributed by atoms with Gasteiger partial charge in [0.1, 0.15) is 0 Å². The smallest absolute Gasteiger partial charge is 0.257 e. The van der Waals surface area contributed by atoms with E-state index in [2.05, 4.69) is 5.32 Å². The molecule has 0 bridgehead atoms. The van der Waals surface area contributed by atoms with E-state index in [1.807, 2.05) is 0 Å². The number of halogens is 1. The SMILES string of the molecule is CC(C)N(C)S(=O)(=O)c1ccc(Cl)c(C(=O)Nc2cccc(CO)c2)c1. The van der Waals surface area contributed by atoms with Gasteiger partial charge in [-0.2, -0.15) is 4.31 Å². The maximum Gasteiger partial charge on any atom is 0.257 e. The van der Waals surface area contributed by atoms with Crippen molar-refractivity contribution in [2.24, 2.45) is 0 Å². The average molecular weight is 397 g/mol. The summed E-state index contributed by atoms with van der Waals surface area (Å²) in [6, 6.07) is 10.5.